The van der Waals surface area contributed by atoms with E-state index in [1.165, 1.54) is 0 Å². The normalized spacial score (nSPS) is 15.0. The predicted molar refractivity (Wildman–Crippen MR) is 103 cm³/mol. The van der Waals surface area contributed by atoms with Crippen molar-refractivity contribution in [3.05, 3.63) is 70.3 Å². The van der Waals surface area contributed by atoms with Crippen LogP contribution in [0.15, 0.2) is 53.3 Å². The van der Waals surface area contributed by atoms with Crippen LogP contribution in [0.2, 0.25) is 0 Å². The van der Waals surface area contributed by atoms with Gasteiger partial charge in [0.15, 0.2) is 0 Å². The van der Waals surface area contributed by atoms with Gasteiger partial charge in [-0.05, 0) is 38.1 Å². The Kier molecular flexibility index (Phi) is 5.54. The minimum absolute atomic E-state index is 0. The van der Waals surface area contributed by atoms with Gasteiger partial charge in [0.25, 0.3) is 11.5 Å². The number of nitrogens with zero attached hydrogens (tertiary/aromatic N) is 1. The van der Waals surface area contributed by atoms with E-state index in [4.69, 9.17) is 0 Å². The fourth-order valence-corrected chi connectivity index (χ4v) is 2.55. The molecule has 0 radical (unpaired) electrons. The maximum atomic E-state index is 11.3. The highest BCUT2D eigenvalue weighted by Crippen LogP contribution is 2.18. The van der Waals surface area contributed by atoms with E-state index in [0.29, 0.717) is 11.2 Å². The van der Waals surface area contributed by atoms with E-state index in [2.05, 4.69) is 20.6 Å². The number of carbonyl (C=O) groups is 1. The van der Waals surface area contributed by atoms with Gasteiger partial charge in [0.2, 0.25) is 0 Å². The minimum atomic E-state index is -0.0712. The lowest BCUT2D eigenvalue weighted by molar-refractivity contribution is 0.0939. The van der Waals surface area contributed by atoms with E-state index in [9.17, 15) is 9.59 Å². The number of rotatable bonds is 0. The monoisotopic (exact) mass is 340 g/mol. The number of nitrogens with one attached hydrogen (secondary N) is 3. The molecule has 4 rings (SSSR count). The van der Waals surface area contributed by atoms with Crippen LogP contribution >= 0.6 is 0 Å². The Morgan fingerprint density at radius 2 is 1.68 bits per heavy atom. The lowest BCUT2D eigenvalue weighted by atomic mass is 10.1. The Hall–Kier alpha value is -3.15. The number of aryl methyl sites for hydroxylation is 1. The first-order valence-electron chi connectivity index (χ1n) is 7.66. The van der Waals surface area contributed by atoms with E-state index in [1.807, 2.05) is 49.4 Å². The first kappa shape index (κ1) is 18.2. The predicted octanol–water partition coefficient (Wildman–Crippen LogP) is 3.30. The average Bonchev–Trinajstić information content (AvgIpc) is 2.55. The summed E-state index contributed by atoms with van der Waals surface area (Å²) in [6.07, 6.45) is 0.0207. The summed E-state index contributed by atoms with van der Waals surface area (Å²) in [6.45, 7) is 3.68. The zero-order chi connectivity index (χ0) is 17.1. The first-order valence-corrected chi connectivity index (χ1v) is 7.66. The van der Waals surface area contributed by atoms with Crippen molar-refractivity contribution in [2.75, 3.05) is 5.32 Å². The summed E-state index contributed by atoms with van der Waals surface area (Å²) in [6, 6.07) is 14.8. The molecule has 132 valence electrons. The number of amides is 1. The number of hydrogen-bond acceptors (Lipinski definition) is 4. The number of carbonyl (C=O) groups excluding carboxylic acids is 1. The van der Waals surface area contributed by atoms with Gasteiger partial charge in [-0.15, -0.1) is 0 Å². The van der Waals surface area contributed by atoms with Gasteiger partial charge in [-0.1, -0.05) is 31.7 Å². The largest absolute Gasteiger partial charge is 0.365 e. The van der Waals surface area contributed by atoms with Crippen LogP contribution in [0.1, 0.15) is 32.0 Å². The standard InChI is InChI=1S/C9H10N2O.C9H8N2O.CH4.H2/c2*1-6-10-8-5-3-2-4-7(8)9(12)11-6;;/h2-6,10H,1H3,(H,11,12);2-5H,1H3,(H,10,11,12);1H4;1H. The molecule has 3 aromatic rings. The number of H-pyrrole nitrogens is 1. The molecule has 1 atom stereocenters. The molecule has 3 N–H and O–H groups in total. The van der Waals surface area contributed by atoms with E-state index >= 15 is 0 Å². The van der Waals surface area contributed by atoms with Crippen molar-refractivity contribution >= 4 is 22.5 Å². The summed E-state index contributed by atoms with van der Waals surface area (Å²) in [4.78, 5) is 29.5. The van der Waals surface area contributed by atoms with Gasteiger partial charge in [-0.3, -0.25) is 9.59 Å². The molecule has 0 fully saturated rings. The molecule has 1 aliphatic rings. The van der Waals surface area contributed by atoms with Gasteiger partial charge >= 0.3 is 0 Å². The van der Waals surface area contributed by atoms with Gasteiger partial charge in [0.1, 0.15) is 5.82 Å². The van der Waals surface area contributed by atoms with E-state index < -0.39 is 0 Å². The molecule has 2 aromatic carbocycles. The van der Waals surface area contributed by atoms with Crippen molar-refractivity contribution in [1.29, 1.82) is 0 Å². The van der Waals surface area contributed by atoms with Crippen LogP contribution in [0.25, 0.3) is 10.9 Å². The summed E-state index contributed by atoms with van der Waals surface area (Å²) < 4.78 is 0. The van der Waals surface area contributed by atoms with Crippen LogP contribution in [-0.4, -0.2) is 22.0 Å². The second-order valence-corrected chi connectivity index (χ2v) is 5.55. The molecular formula is C19H24N4O2. The molecule has 0 aliphatic carbocycles. The van der Waals surface area contributed by atoms with E-state index in [-0.39, 0.29) is 26.5 Å². The Balaban J connectivity index is 0.000000241. The maximum Gasteiger partial charge on any atom is 0.258 e. The number of anilines is 1. The van der Waals surface area contributed by atoms with E-state index in [1.54, 1.807) is 13.0 Å². The van der Waals surface area contributed by atoms with Crippen LogP contribution in [0.5, 0.6) is 0 Å². The molecule has 1 amide bonds. The van der Waals surface area contributed by atoms with Crippen LogP contribution < -0.4 is 16.2 Å². The summed E-state index contributed by atoms with van der Waals surface area (Å²) in [5.41, 5.74) is 2.31. The molecule has 25 heavy (non-hydrogen) atoms. The van der Waals surface area contributed by atoms with Crippen molar-refractivity contribution in [1.82, 2.24) is 15.3 Å². The average molecular weight is 340 g/mol. The van der Waals surface area contributed by atoms with Crippen molar-refractivity contribution in [3.8, 4) is 0 Å². The highest BCUT2D eigenvalue weighted by molar-refractivity contribution is 6.01. The minimum Gasteiger partial charge on any atom is -0.365 e. The smallest absolute Gasteiger partial charge is 0.258 e. The number of hydrogen-bond donors (Lipinski definition) is 3. The molecule has 1 aromatic heterocycles. The lowest BCUT2D eigenvalue weighted by Crippen LogP contribution is -2.42. The zero-order valence-electron chi connectivity index (χ0n) is 13.5. The number of para-hydroxylation sites is 2. The van der Waals surface area contributed by atoms with Crippen molar-refractivity contribution in [2.45, 2.75) is 27.4 Å². The molecule has 0 bridgehead atoms. The molecule has 0 saturated heterocycles. The van der Waals surface area contributed by atoms with Gasteiger partial charge in [-0.2, -0.15) is 0 Å². The van der Waals surface area contributed by atoms with Crippen molar-refractivity contribution in [2.24, 2.45) is 0 Å². The third-order valence-corrected chi connectivity index (χ3v) is 3.62. The summed E-state index contributed by atoms with van der Waals surface area (Å²) in [5.74, 6) is 0.649. The van der Waals surface area contributed by atoms with Crippen LogP contribution in [-0.2, 0) is 0 Å². The molecular weight excluding hydrogens is 316 g/mol. The SMILES string of the molecule is C.CC1NC(=O)c2ccccc2N1.Cc1nc2ccccc2c(=O)[nH]1.[HH]. The fraction of sp³-hybridized carbons (Fsp3) is 0.211. The highest BCUT2D eigenvalue weighted by atomic mass is 16.2. The second kappa shape index (κ2) is 7.61. The summed E-state index contributed by atoms with van der Waals surface area (Å²) in [7, 11) is 0. The number of aromatic amines is 1. The van der Waals surface area contributed by atoms with Gasteiger partial charge < -0.3 is 15.6 Å². The van der Waals surface area contributed by atoms with Crippen molar-refractivity contribution < 1.29 is 6.22 Å². The zero-order valence-corrected chi connectivity index (χ0v) is 13.5. The molecule has 0 spiro atoms. The Morgan fingerprint density at radius 1 is 1.00 bits per heavy atom. The molecule has 6 nitrogen and oxygen atoms in total. The summed E-state index contributed by atoms with van der Waals surface area (Å²) in [5, 5.41) is 6.59. The van der Waals surface area contributed by atoms with Crippen molar-refractivity contribution in [3.63, 3.8) is 0 Å². The lowest BCUT2D eigenvalue weighted by Gasteiger charge is -2.24. The molecule has 1 aliphatic heterocycles. The van der Waals surface area contributed by atoms with Crippen LogP contribution in [0.4, 0.5) is 5.69 Å². The quantitative estimate of drug-likeness (QED) is 0.586. The topological polar surface area (TPSA) is 86.9 Å². The van der Waals surface area contributed by atoms with Gasteiger partial charge in [-0.25, -0.2) is 4.98 Å². The first-order chi connectivity index (χ1) is 11.5. The Labute approximate surface area is 147 Å². The molecule has 0 saturated carbocycles. The van der Waals surface area contributed by atoms with E-state index in [0.717, 1.165) is 16.8 Å². The number of benzene rings is 2. The van der Waals surface area contributed by atoms with Gasteiger partial charge in [0, 0.05) is 7.11 Å². The third kappa shape index (κ3) is 4.03. The van der Waals surface area contributed by atoms with Gasteiger partial charge in [0.05, 0.1) is 22.6 Å². The maximum absolute atomic E-state index is 11.3. The molecule has 2 heterocycles. The third-order valence-electron chi connectivity index (χ3n) is 3.62. The fourth-order valence-electron chi connectivity index (χ4n) is 2.55. The molecule has 6 heteroatoms. The van der Waals surface area contributed by atoms with Crippen LogP contribution in [0, 0.1) is 6.92 Å². The summed E-state index contributed by atoms with van der Waals surface area (Å²) >= 11 is 0. The highest BCUT2D eigenvalue weighted by Gasteiger charge is 2.18. The number of aromatic nitrogens is 2. The van der Waals surface area contributed by atoms with Crippen LogP contribution in [0.3, 0.4) is 0 Å². The number of fused-ring (bicyclic) bond motifs is 2. The molecule has 1 unspecified atom stereocenters. The Morgan fingerprint density at radius 3 is 2.48 bits per heavy atom. The second-order valence-electron chi connectivity index (χ2n) is 5.55. The Bertz CT molecular complexity index is 955.